The number of aliphatic hydroxyl groups excluding tert-OH is 1. The average Bonchev–Trinajstić information content (AvgIpc) is 3.29. The van der Waals surface area contributed by atoms with Gasteiger partial charge in [0.15, 0.2) is 11.6 Å². The summed E-state index contributed by atoms with van der Waals surface area (Å²) in [5.41, 5.74) is 0.846. The highest BCUT2D eigenvalue weighted by Crippen LogP contribution is 2.29. The summed E-state index contributed by atoms with van der Waals surface area (Å²) in [6, 6.07) is 5.62. The number of ether oxygens (including phenoxy) is 1. The van der Waals surface area contributed by atoms with Crippen molar-refractivity contribution in [1.82, 2.24) is 5.32 Å². The monoisotopic (exact) mass is 293 g/mol. The van der Waals surface area contributed by atoms with Crippen molar-refractivity contribution in [3.05, 3.63) is 29.6 Å². The van der Waals surface area contributed by atoms with E-state index in [1.807, 2.05) is 6.07 Å². The quantitative estimate of drug-likeness (QED) is 0.819. The summed E-state index contributed by atoms with van der Waals surface area (Å²) in [5.74, 6) is -0.0156. The summed E-state index contributed by atoms with van der Waals surface area (Å²) in [5, 5.41) is 13.5. The Morgan fingerprint density at radius 2 is 1.95 bits per heavy atom. The van der Waals surface area contributed by atoms with Gasteiger partial charge < -0.3 is 15.2 Å². The topological polar surface area (TPSA) is 41.5 Å². The lowest BCUT2D eigenvalue weighted by molar-refractivity contribution is 0.0291. The Hall–Kier alpha value is -1.13. The zero-order valence-electron chi connectivity index (χ0n) is 12.4. The molecule has 21 heavy (non-hydrogen) atoms. The van der Waals surface area contributed by atoms with Crippen LogP contribution in [0.2, 0.25) is 0 Å². The van der Waals surface area contributed by atoms with E-state index in [4.69, 9.17) is 4.74 Å². The second-order valence-electron chi connectivity index (χ2n) is 6.24. The van der Waals surface area contributed by atoms with Gasteiger partial charge in [0.2, 0.25) is 0 Å². The minimum absolute atomic E-state index is 0.288. The number of aliphatic hydroxyl groups is 1. The predicted molar refractivity (Wildman–Crippen MR) is 79.8 cm³/mol. The van der Waals surface area contributed by atoms with Gasteiger partial charge >= 0.3 is 0 Å². The molecular weight excluding hydrogens is 269 g/mol. The molecule has 1 aromatic rings. The molecule has 0 saturated heterocycles. The van der Waals surface area contributed by atoms with Gasteiger partial charge in [-0.15, -0.1) is 0 Å². The van der Waals surface area contributed by atoms with E-state index >= 15 is 0 Å². The van der Waals surface area contributed by atoms with Gasteiger partial charge in [-0.05, 0) is 38.2 Å². The first-order chi connectivity index (χ1) is 10.2. The number of hydrogen-bond acceptors (Lipinski definition) is 3. The lowest BCUT2D eigenvalue weighted by Crippen LogP contribution is -2.31. The van der Waals surface area contributed by atoms with E-state index in [0.717, 1.165) is 37.7 Å². The largest absolute Gasteiger partial charge is 0.484 e. The van der Waals surface area contributed by atoms with Crippen molar-refractivity contribution in [2.75, 3.05) is 0 Å². The average molecular weight is 293 g/mol. The van der Waals surface area contributed by atoms with Crippen molar-refractivity contribution < 1.29 is 14.2 Å². The zero-order chi connectivity index (χ0) is 14.7. The van der Waals surface area contributed by atoms with Crippen LogP contribution in [0.25, 0.3) is 0 Å². The minimum Gasteiger partial charge on any atom is -0.484 e. The molecule has 1 aromatic carbocycles. The van der Waals surface area contributed by atoms with Crippen molar-refractivity contribution in [3.8, 4) is 5.75 Å². The molecule has 2 aliphatic rings. The Labute approximate surface area is 125 Å². The molecule has 2 N–H and O–H groups in total. The molecule has 0 heterocycles. The molecule has 0 aromatic heterocycles. The Morgan fingerprint density at radius 1 is 1.14 bits per heavy atom. The third-order valence-electron chi connectivity index (χ3n) is 4.39. The summed E-state index contributed by atoms with van der Waals surface area (Å²) in [7, 11) is 0. The number of hydrogen-bond donors (Lipinski definition) is 2. The maximum absolute atomic E-state index is 14.1. The lowest BCUT2D eigenvalue weighted by Gasteiger charge is -2.24. The lowest BCUT2D eigenvalue weighted by atomic mass is 10.1. The van der Waals surface area contributed by atoms with E-state index in [1.165, 1.54) is 18.9 Å². The first kappa shape index (κ1) is 14.8. The number of benzene rings is 1. The van der Waals surface area contributed by atoms with Gasteiger partial charge in [-0.25, -0.2) is 4.39 Å². The van der Waals surface area contributed by atoms with Crippen LogP contribution in [0, 0.1) is 5.82 Å². The Kier molecular flexibility index (Phi) is 4.76. The minimum atomic E-state index is -0.489. The highest BCUT2D eigenvalue weighted by molar-refractivity contribution is 5.35. The summed E-state index contributed by atoms with van der Waals surface area (Å²) in [6.45, 7) is 0.626. The second-order valence-corrected chi connectivity index (χ2v) is 6.24. The standard InChI is InChI=1S/C17H24FNO2/c18-14-6-4-5-12(11-19-13-9-10-13)17(14)21-16-8-3-1-2-7-15(16)20/h4-6,13,15-16,19-20H,1-3,7-11H2. The van der Waals surface area contributed by atoms with Crippen LogP contribution in [0.4, 0.5) is 4.39 Å². The zero-order valence-corrected chi connectivity index (χ0v) is 12.4. The van der Waals surface area contributed by atoms with Gasteiger partial charge in [-0.3, -0.25) is 0 Å². The normalized spacial score (nSPS) is 26.4. The van der Waals surface area contributed by atoms with Gasteiger partial charge in [-0.2, -0.15) is 0 Å². The summed E-state index contributed by atoms with van der Waals surface area (Å²) in [6.07, 6.45) is 6.34. The molecule has 2 aliphatic carbocycles. The van der Waals surface area contributed by atoms with Crippen molar-refractivity contribution in [3.63, 3.8) is 0 Å². The number of para-hydroxylation sites is 1. The van der Waals surface area contributed by atoms with E-state index in [1.54, 1.807) is 6.07 Å². The van der Waals surface area contributed by atoms with E-state index in [9.17, 15) is 9.50 Å². The summed E-state index contributed by atoms with van der Waals surface area (Å²) in [4.78, 5) is 0. The molecule has 0 bridgehead atoms. The Morgan fingerprint density at radius 3 is 2.76 bits per heavy atom. The molecule has 2 saturated carbocycles. The fourth-order valence-electron chi connectivity index (χ4n) is 2.91. The van der Waals surface area contributed by atoms with E-state index in [2.05, 4.69) is 5.32 Å². The molecule has 2 fully saturated rings. The molecule has 2 unspecified atom stereocenters. The highest BCUT2D eigenvalue weighted by atomic mass is 19.1. The third-order valence-corrected chi connectivity index (χ3v) is 4.39. The van der Waals surface area contributed by atoms with Crippen LogP contribution in [-0.2, 0) is 6.54 Å². The van der Waals surface area contributed by atoms with Gasteiger partial charge in [0.1, 0.15) is 6.10 Å². The molecule has 3 rings (SSSR count). The molecule has 0 radical (unpaired) electrons. The first-order valence-electron chi connectivity index (χ1n) is 8.09. The van der Waals surface area contributed by atoms with Crippen LogP contribution in [0.15, 0.2) is 18.2 Å². The molecule has 0 spiro atoms. The fourth-order valence-corrected chi connectivity index (χ4v) is 2.91. The first-order valence-corrected chi connectivity index (χ1v) is 8.09. The van der Waals surface area contributed by atoms with Crippen molar-refractivity contribution >= 4 is 0 Å². The van der Waals surface area contributed by atoms with E-state index in [0.29, 0.717) is 18.3 Å². The van der Waals surface area contributed by atoms with Gasteiger partial charge in [0.25, 0.3) is 0 Å². The van der Waals surface area contributed by atoms with Gasteiger partial charge in [0, 0.05) is 18.2 Å². The number of rotatable bonds is 5. The third kappa shape index (κ3) is 3.95. The van der Waals surface area contributed by atoms with Crippen LogP contribution in [0.1, 0.15) is 50.5 Å². The maximum Gasteiger partial charge on any atom is 0.165 e. The molecule has 4 heteroatoms. The smallest absolute Gasteiger partial charge is 0.165 e. The Bertz CT molecular complexity index is 476. The van der Waals surface area contributed by atoms with Crippen LogP contribution >= 0.6 is 0 Å². The van der Waals surface area contributed by atoms with Gasteiger partial charge in [0.05, 0.1) is 6.10 Å². The van der Waals surface area contributed by atoms with Crippen molar-refractivity contribution in [2.45, 2.75) is 69.7 Å². The van der Waals surface area contributed by atoms with Crippen LogP contribution < -0.4 is 10.1 Å². The van der Waals surface area contributed by atoms with E-state index < -0.39 is 6.10 Å². The molecule has 0 aliphatic heterocycles. The van der Waals surface area contributed by atoms with Crippen molar-refractivity contribution in [1.29, 1.82) is 0 Å². The highest BCUT2D eigenvalue weighted by Gasteiger charge is 2.26. The maximum atomic E-state index is 14.1. The van der Waals surface area contributed by atoms with Crippen molar-refractivity contribution in [2.24, 2.45) is 0 Å². The predicted octanol–water partition coefficient (Wildman–Crippen LogP) is 3.15. The molecule has 2 atom stereocenters. The van der Waals surface area contributed by atoms with Gasteiger partial charge in [-0.1, -0.05) is 25.0 Å². The van der Waals surface area contributed by atoms with E-state index in [-0.39, 0.29) is 11.9 Å². The number of nitrogens with one attached hydrogen (secondary N) is 1. The fraction of sp³-hybridized carbons (Fsp3) is 0.647. The number of halogens is 1. The van der Waals surface area contributed by atoms with Crippen LogP contribution in [-0.4, -0.2) is 23.4 Å². The van der Waals surface area contributed by atoms with Crippen LogP contribution in [0.5, 0.6) is 5.75 Å². The summed E-state index contributed by atoms with van der Waals surface area (Å²) >= 11 is 0. The molecule has 116 valence electrons. The SMILES string of the molecule is OC1CCCCCC1Oc1c(F)cccc1CNC1CC1. The second kappa shape index (κ2) is 6.75. The summed E-state index contributed by atoms with van der Waals surface area (Å²) < 4.78 is 20.0. The Balaban J connectivity index is 1.72. The molecule has 3 nitrogen and oxygen atoms in total. The molecular formula is C17H24FNO2. The van der Waals surface area contributed by atoms with Crippen LogP contribution in [0.3, 0.4) is 0 Å². The molecule has 0 amide bonds.